The smallest absolute Gasteiger partial charge is 0.326 e. The highest BCUT2D eigenvalue weighted by atomic mass is 16.4. The minimum atomic E-state index is -1.24. The van der Waals surface area contributed by atoms with E-state index in [0.29, 0.717) is 6.42 Å². The first kappa shape index (κ1) is 27.6. The van der Waals surface area contributed by atoms with Crippen molar-refractivity contribution < 1.29 is 29.1 Å². The standard InChI is InChI=1S/C22H33N5O6/c1-4-12(2)18(22(32)33)27-19(29)13(3)25-21(31)16(10-14-8-6-5-7-9-14)26-20(30)15(23)11-17(24)28/h5-9,12-13,15-16,18H,4,10-11,23H2,1-3H3,(H2,24,28)(H,25,31)(H,26,30)(H,27,29)(H,32,33). The summed E-state index contributed by atoms with van der Waals surface area (Å²) >= 11 is 0. The minimum Gasteiger partial charge on any atom is -0.480 e. The zero-order valence-corrected chi connectivity index (χ0v) is 19.0. The summed E-state index contributed by atoms with van der Waals surface area (Å²) < 4.78 is 0. The van der Waals surface area contributed by atoms with Crippen LogP contribution in [0.2, 0.25) is 0 Å². The Hall–Kier alpha value is -3.47. The van der Waals surface area contributed by atoms with Gasteiger partial charge in [0.05, 0.1) is 12.5 Å². The lowest BCUT2D eigenvalue weighted by Crippen LogP contribution is -2.57. The van der Waals surface area contributed by atoms with Crippen LogP contribution >= 0.6 is 0 Å². The first-order valence-electron chi connectivity index (χ1n) is 10.7. The van der Waals surface area contributed by atoms with Gasteiger partial charge in [-0.25, -0.2) is 4.79 Å². The fourth-order valence-corrected chi connectivity index (χ4v) is 2.99. The predicted molar refractivity (Wildman–Crippen MR) is 120 cm³/mol. The van der Waals surface area contributed by atoms with Crippen LogP contribution in [0.15, 0.2) is 30.3 Å². The predicted octanol–water partition coefficient (Wildman–Crippen LogP) is -0.963. The molecule has 1 rings (SSSR count). The van der Waals surface area contributed by atoms with Crippen molar-refractivity contribution in [1.29, 1.82) is 0 Å². The number of benzene rings is 1. The Kier molecular flexibility index (Phi) is 11.0. The summed E-state index contributed by atoms with van der Waals surface area (Å²) in [4.78, 5) is 60.3. The Morgan fingerprint density at radius 3 is 2.06 bits per heavy atom. The molecule has 0 saturated carbocycles. The van der Waals surface area contributed by atoms with E-state index in [2.05, 4.69) is 16.0 Å². The summed E-state index contributed by atoms with van der Waals surface area (Å²) in [5.74, 6) is -4.34. The number of hydrogen-bond donors (Lipinski definition) is 6. The first-order chi connectivity index (χ1) is 15.5. The van der Waals surface area contributed by atoms with Gasteiger partial charge in [0.1, 0.15) is 18.1 Å². The summed E-state index contributed by atoms with van der Waals surface area (Å²) in [7, 11) is 0. The Balaban J connectivity index is 2.92. The number of amides is 4. The van der Waals surface area contributed by atoms with E-state index in [-0.39, 0.29) is 12.3 Å². The van der Waals surface area contributed by atoms with Crippen LogP contribution < -0.4 is 27.4 Å². The van der Waals surface area contributed by atoms with E-state index in [0.717, 1.165) is 5.56 Å². The summed E-state index contributed by atoms with van der Waals surface area (Å²) in [6, 6.07) is 4.34. The summed E-state index contributed by atoms with van der Waals surface area (Å²) in [6.07, 6.45) is 0.242. The van der Waals surface area contributed by atoms with E-state index < -0.39 is 60.2 Å². The zero-order chi connectivity index (χ0) is 25.1. The lowest BCUT2D eigenvalue weighted by molar-refractivity contribution is -0.143. The largest absolute Gasteiger partial charge is 0.480 e. The van der Waals surface area contributed by atoms with Crippen molar-refractivity contribution in [2.45, 2.75) is 64.2 Å². The van der Waals surface area contributed by atoms with E-state index in [4.69, 9.17) is 11.5 Å². The highest BCUT2D eigenvalue weighted by Crippen LogP contribution is 2.09. The molecule has 0 bridgehead atoms. The van der Waals surface area contributed by atoms with Crippen LogP contribution in [0.4, 0.5) is 0 Å². The van der Waals surface area contributed by atoms with Crippen molar-refractivity contribution in [3.63, 3.8) is 0 Å². The van der Waals surface area contributed by atoms with Gasteiger partial charge in [-0.3, -0.25) is 19.2 Å². The quantitative estimate of drug-likeness (QED) is 0.217. The number of carbonyl (C=O) groups is 5. The maximum atomic E-state index is 12.9. The molecule has 33 heavy (non-hydrogen) atoms. The van der Waals surface area contributed by atoms with Crippen molar-refractivity contribution in [3.05, 3.63) is 35.9 Å². The molecule has 5 unspecified atom stereocenters. The number of primary amides is 1. The van der Waals surface area contributed by atoms with Gasteiger partial charge in [-0.2, -0.15) is 0 Å². The van der Waals surface area contributed by atoms with Crippen LogP contribution in [-0.4, -0.2) is 58.9 Å². The molecule has 8 N–H and O–H groups in total. The minimum absolute atomic E-state index is 0.0979. The second-order valence-corrected chi connectivity index (χ2v) is 7.97. The molecule has 11 nitrogen and oxygen atoms in total. The number of hydrogen-bond acceptors (Lipinski definition) is 6. The summed E-state index contributed by atoms with van der Waals surface area (Å²) in [6.45, 7) is 4.91. The third kappa shape index (κ3) is 9.27. The van der Waals surface area contributed by atoms with Crippen LogP contribution in [0.25, 0.3) is 0 Å². The molecule has 11 heteroatoms. The molecule has 0 fully saturated rings. The van der Waals surface area contributed by atoms with Crippen LogP contribution in [-0.2, 0) is 30.4 Å². The van der Waals surface area contributed by atoms with Gasteiger partial charge in [-0.15, -0.1) is 0 Å². The second kappa shape index (κ2) is 13.2. The fourth-order valence-electron chi connectivity index (χ4n) is 2.99. The van der Waals surface area contributed by atoms with Gasteiger partial charge in [0.2, 0.25) is 23.6 Å². The molecule has 5 atom stereocenters. The van der Waals surface area contributed by atoms with E-state index in [1.807, 2.05) is 0 Å². The fraction of sp³-hybridized carbons (Fsp3) is 0.500. The number of aliphatic carboxylic acids is 1. The van der Waals surface area contributed by atoms with Crippen molar-refractivity contribution in [2.75, 3.05) is 0 Å². The number of carboxylic acid groups (broad SMARTS) is 1. The highest BCUT2D eigenvalue weighted by molar-refractivity contribution is 5.95. The molecular formula is C22H33N5O6. The first-order valence-corrected chi connectivity index (χ1v) is 10.7. The molecule has 1 aromatic carbocycles. The average molecular weight is 464 g/mol. The van der Waals surface area contributed by atoms with Crippen LogP contribution in [0, 0.1) is 5.92 Å². The monoisotopic (exact) mass is 463 g/mol. The molecule has 0 aliphatic rings. The number of carbonyl (C=O) groups excluding carboxylic acids is 4. The Morgan fingerprint density at radius 1 is 0.939 bits per heavy atom. The van der Waals surface area contributed by atoms with Gasteiger partial charge >= 0.3 is 5.97 Å². The average Bonchev–Trinajstić information content (AvgIpc) is 2.76. The topological polar surface area (TPSA) is 194 Å². The molecule has 0 aliphatic heterocycles. The van der Waals surface area contributed by atoms with Gasteiger partial charge in [-0.1, -0.05) is 50.6 Å². The zero-order valence-electron chi connectivity index (χ0n) is 19.0. The van der Waals surface area contributed by atoms with Crippen molar-refractivity contribution in [3.8, 4) is 0 Å². The molecule has 0 aromatic heterocycles. The number of rotatable bonds is 13. The summed E-state index contributed by atoms with van der Waals surface area (Å²) in [5, 5.41) is 16.8. The lowest BCUT2D eigenvalue weighted by Gasteiger charge is -2.25. The molecular weight excluding hydrogens is 430 g/mol. The number of nitrogens with two attached hydrogens (primary N) is 2. The number of carboxylic acids is 1. The van der Waals surface area contributed by atoms with Crippen molar-refractivity contribution in [1.82, 2.24) is 16.0 Å². The maximum absolute atomic E-state index is 12.9. The van der Waals surface area contributed by atoms with Gasteiger partial charge < -0.3 is 32.5 Å². The van der Waals surface area contributed by atoms with Gasteiger partial charge in [0.25, 0.3) is 0 Å². The molecule has 0 heterocycles. The molecule has 0 saturated heterocycles. The van der Waals surface area contributed by atoms with E-state index in [1.54, 1.807) is 44.2 Å². The molecule has 4 amide bonds. The third-order valence-corrected chi connectivity index (χ3v) is 5.20. The Morgan fingerprint density at radius 2 is 1.55 bits per heavy atom. The highest BCUT2D eigenvalue weighted by Gasteiger charge is 2.30. The molecule has 0 spiro atoms. The molecule has 182 valence electrons. The SMILES string of the molecule is CCC(C)C(NC(=O)C(C)NC(=O)C(Cc1ccccc1)NC(=O)C(N)CC(N)=O)C(=O)O. The maximum Gasteiger partial charge on any atom is 0.326 e. The van der Waals surface area contributed by atoms with Crippen molar-refractivity contribution >= 4 is 29.6 Å². The van der Waals surface area contributed by atoms with E-state index >= 15 is 0 Å². The van der Waals surface area contributed by atoms with Gasteiger partial charge in [0, 0.05) is 6.42 Å². The molecule has 1 aromatic rings. The van der Waals surface area contributed by atoms with Crippen LogP contribution in [0.1, 0.15) is 39.2 Å². The Bertz CT molecular complexity index is 847. The lowest BCUT2D eigenvalue weighted by atomic mass is 9.99. The van der Waals surface area contributed by atoms with Crippen LogP contribution in [0.5, 0.6) is 0 Å². The second-order valence-electron chi connectivity index (χ2n) is 7.97. The molecule has 0 aliphatic carbocycles. The summed E-state index contributed by atoms with van der Waals surface area (Å²) in [5.41, 5.74) is 11.5. The molecule has 0 radical (unpaired) electrons. The van der Waals surface area contributed by atoms with E-state index in [9.17, 15) is 29.1 Å². The van der Waals surface area contributed by atoms with Crippen LogP contribution in [0.3, 0.4) is 0 Å². The normalized spacial score (nSPS) is 15.3. The third-order valence-electron chi connectivity index (χ3n) is 5.20. The Labute approximate surface area is 192 Å². The van der Waals surface area contributed by atoms with Gasteiger partial charge in [0.15, 0.2) is 0 Å². The van der Waals surface area contributed by atoms with Crippen molar-refractivity contribution in [2.24, 2.45) is 17.4 Å². The van der Waals surface area contributed by atoms with E-state index in [1.165, 1.54) is 6.92 Å². The number of nitrogens with one attached hydrogen (secondary N) is 3. The van der Waals surface area contributed by atoms with Gasteiger partial charge in [-0.05, 0) is 18.4 Å².